The summed E-state index contributed by atoms with van der Waals surface area (Å²) in [5, 5.41) is 3.44. The number of hydrogen-bond acceptors (Lipinski definition) is 4. The molecule has 4 heterocycles. The molecule has 0 spiro atoms. The number of ether oxygens (including phenoxy) is 1. The molecule has 0 aromatic carbocycles. The van der Waals surface area contributed by atoms with Gasteiger partial charge in [0.15, 0.2) is 5.65 Å². The predicted octanol–water partition coefficient (Wildman–Crippen LogP) is 2.47. The van der Waals surface area contributed by atoms with Crippen LogP contribution in [-0.2, 0) is 11.3 Å². The van der Waals surface area contributed by atoms with E-state index in [9.17, 15) is 0 Å². The maximum atomic E-state index is 5.95. The van der Waals surface area contributed by atoms with Crippen LogP contribution in [0.3, 0.4) is 0 Å². The maximum Gasteiger partial charge on any atom is 0.160 e. The second kappa shape index (κ2) is 6.34. The summed E-state index contributed by atoms with van der Waals surface area (Å²) >= 11 is 0. The highest BCUT2D eigenvalue weighted by Gasteiger charge is 2.25. The van der Waals surface area contributed by atoms with Crippen LogP contribution in [-0.4, -0.2) is 40.3 Å². The van der Waals surface area contributed by atoms with Gasteiger partial charge >= 0.3 is 0 Å². The number of pyridine rings is 1. The molecule has 5 nitrogen and oxygen atoms in total. The monoisotopic (exact) mass is 300 g/mol. The molecule has 2 aliphatic heterocycles. The van der Waals surface area contributed by atoms with Gasteiger partial charge in [0, 0.05) is 18.7 Å². The van der Waals surface area contributed by atoms with E-state index in [2.05, 4.69) is 20.9 Å². The summed E-state index contributed by atoms with van der Waals surface area (Å²) in [4.78, 5) is 9.51. The largest absolute Gasteiger partial charge is 0.376 e. The summed E-state index contributed by atoms with van der Waals surface area (Å²) in [5.74, 6) is 1.75. The first kappa shape index (κ1) is 14.2. The molecule has 0 bridgehead atoms. The Morgan fingerprint density at radius 3 is 2.95 bits per heavy atom. The third-order valence-electron chi connectivity index (χ3n) is 4.90. The molecule has 4 rings (SSSR count). The molecule has 2 saturated heterocycles. The zero-order chi connectivity index (χ0) is 14.8. The average molecular weight is 300 g/mol. The van der Waals surface area contributed by atoms with E-state index >= 15 is 0 Å². The molecule has 118 valence electrons. The molecule has 22 heavy (non-hydrogen) atoms. The number of nitrogens with zero attached hydrogens (tertiary/aromatic N) is 3. The smallest absolute Gasteiger partial charge is 0.160 e. The van der Waals surface area contributed by atoms with Crippen molar-refractivity contribution >= 4 is 11.2 Å². The fraction of sp³-hybridized carbons (Fsp3) is 0.647. The Hall–Kier alpha value is -1.46. The molecule has 2 aromatic rings. The molecule has 2 aliphatic rings. The fourth-order valence-electron chi connectivity index (χ4n) is 3.70. The summed E-state index contributed by atoms with van der Waals surface area (Å²) in [6.07, 6.45) is 8.12. The van der Waals surface area contributed by atoms with Gasteiger partial charge in [-0.1, -0.05) is 0 Å². The van der Waals surface area contributed by atoms with E-state index in [1.165, 1.54) is 18.7 Å². The van der Waals surface area contributed by atoms with Crippen LogP contribution >= 0.6 is 0 Å². The highest BCUT2D eigenvalue weighted by molar-refractivity contribution is 5.71. The molecule has 1 atom stereocenters. The zero-order valence-electron chi connectivity index (χ0n) is 13.0. The van der Waals surface area contributed by atoms with Gasteiger partial charge in [-0.2, -0.15) is 0 Å². The minimum atomic E-state index is 0.314. The lowest BCUT2D eigenvalue weighted by Gasteiger charge is -2.26. The number of aromatic nitrogens is 3. The van der Waals surface area contributed by atoms with Gasteiger partial charge in [0.1, 0.15) is 11.3 Å². The fourth-order valence-corrected chi connectivity index (χ4v) is 3.70. The summed E-state index contributed by atoms with van der Waals surface area (Å²) in [7, 11) is 0. The Labute approximate surface area is 131 Å². The van der Waals surface area contributed by atoms with Crippen molar-refractivity contribution in [2.24, 2.45) is 0 Å². The van der Waals surface area contributed by atoms with E-state index in [1.807, 2.05) is 12.3 Å². The van der Waals surface area contributed by atoms with Gasteiger partial charge in [-0.25, -0.2) is 9.97 Å². The Morgan fingerprint density at radius 2 is 2.14 bits per heavy atom. The molecule has 1 unspecified atom stereocenters. The lowest BCUT2D eigenvalue weighted by atomic mass is 9.97. The minimum absolute atomic E-state index is 0.314. The van der Waals surface area contributed by atoms with Crippen LogP contribution in [0.15, 0.2) is 18.3 Å². The molecule has 0 amide bonds. The Kier molecular flexibility index (Phi) is 4.08. The standard InChI is InChI=1S/C17H24N4O/c1-2-11-22-14(4-1)12-21-16(13-6-9-18-10-7-13)20-15-5-3-8-19-17(15)21/h3,5,8,13-14,18H,1-2,4,6-7,9-12H2. The summed E-state index contributed by atoms with van der Waals surface area (Å²) < 4.78 is 8.29. The van der Waals surface area contributed by atoms with Gasteiger partial charge in [-0.3, -0.25) is 0 Å². The van der Waals surface area contributed by atoms with E-state index in [4.69, 9.17) is 9.72 Å². The number of fused-ring (bicyclic) bond motifs is 1. The van der Waals surface area contributed by atoms with E-state index < -0.39 is 0 Å². The normalized spacial score (nSPS) is 23.9. The van der Waals surface area contributed by atoms with Crippen LogP contribution in [0, 0.1) is 0 Å². The second-order valence-corrected chi connectivity index (χ2v) is 6.44. The third kappa shape index (κ3) is 2.75. The first-order valence-electron chi connectivity index (χ1n) is 8.55. The van der Waals surface area contributed by atoms with Crippen molar-refractivity contribution in [3.8, 4) is 0 Å². The molecular formula is C17H24N4O. The van der Waals surface area contributed by atoms with Gasteiger partial charge in [0.2, 0.25) is 0 Å². The maximum absolute atomic E-state index is 5.95. The molecule has 1 N–H and O–H groups in total. The molecule has 5 heteroatoms. The zero-order valence-corrected chi connectivity index (χ0v) is 13.0. The van der Waals surface area contributed by atoms with Crippen molar-refractivity contribution in [2.45, 2.75) is 50.7 Å². The summed E-state index contributed by atoms with van der Waals surface area (Å²) in [6.45, 7) is 3.96. The highest BCUT2D eigenvalue weighted by atomic mass is 16.5. The van der Waals surface area contributed by atoms with Crippen molar-refractivity contribution in [2.75, 3.05) is 19.7 Å². The van der Waals surface area contributed by atoms with E-state index in [-0.39, 0.29) is 0 Å². The summed E-state index contributed by atoms with van der Waals surface area (Å²) in [6, 6.07) is 4.05. The topological polar surface area (TPSA) is 52.0 Å². The Balaban J connectivity index is 1.69. The van der Waals surface area contributed by atoms with Crippen molar-refractivity contribution in [1.29, 1.82) is 0 Å². The average Bonchev–Trinajstić information content (AvgIpc) is 2.95. The number of imidazole rings is 1. The molecular weight excluding hydrogens is 276 g/mol. The first-order chi connectivity index (χ1) is 10.9. The Bertz CT molecular complexity index is 627. The van der Waals surface area contributed by atoms with Crippen molar-refractivity contribution in [1.82, 2.24) is 19.9 Å². The van der Waals surface area contributed by atoms with Gasteiger partial charge < -0.3 is 14.6 Å². The van der Waals surface area contributed by atoms with Crippen molar-refractivity contribution < 1.29 is 4.74 Å². The number of rotatable bonds is 3. The molecule has 0 aliphatic carbocycles. The van der Waals surface area contributed by atoms with Crippen molar-refractivity contribution in [3.05, 3.63) is 24.2 Å². The second-order valence-electron chi connectivity index (χ2n) is 6.44. The molecule has 2 aromatic heterocycles. The lowest BCUT2D eigenvalue weighted by molar-refractivity contribution is 0.00588. The minimum Gasteiger partial charge on any atom is -0.376 e. The van der Waals surface area contributed by atoms with E-state index in [0.29, 0.717) is 12.0 Å². The highest BCUT2D eigenvalue weighted by Crippen LogP contribution is 2.28. The summed E-state index contributed by atoms with van der Waals surface area (Å²) in [5.41, 5.74) is 2.04. The predicted molar refractivity (Wildman–Crippen MR) is 86.0 cm³/mol. The Morgan fingerprint density at radius 1 is 1.23 bits per heavy atom. The van der Waals surface area contributed by atoms with Crippen LogP contribution in [0.1, 0.15) is 43.8 Å². The lowest BCUT2D eigenvalue weighted by Crippen LogP contribution is -2.30. The van der Waals surface area contributed by atoms with E-state index in [0.717, 1.165) is 56.7 Å². The van der Waals surface area contributed by atoms with Gasteiger partial charge in [-0.15, -0.1) is 0 Å². The molecule has 2 fully saturated rings. The van der Waals surface area contributed by atoms with Gasteiger partial charge in [-0.05, 0) is 57.3 Å². The quantitative estimate of drug-likeness (QED) is 0.946. The van der Waals surface area contributed by atoms with Crippen LogP contribution in [0.5, 0.6) is 0 Å². The number of piperidine rings is 1. The van der Waals surface area contributed by atoms with Crippen LogP contribution < -0.4 is 5.32 Å². The number of hydrogen-bond donors (Lipinski definition) is 1. The third-order valence-corrected chi connectivity index (χ3v) is 4.90. The van der Waals surface area contributed by atoms with Crippen LogP contribution in [0.25, 0.3) is 11.2 Å². The molecule has 0 saturated carbocycles. The molecule has 0 radical (unpaired) electrons. The first-order valence-corrected chi connectivity index (χ1v) is 8.55. The van der Waals surface area contributed by atoms with Gasteiger partial charge in [0.05, 0.1) is 12.6 Å². The van der Waals surface area contributed by atoms with Crippen molar-refractivity contribution in [3.63, 3.8) is 0 Å². The SMILES string of the molecule is c1cnc2c(c1)nc(C1CCNCC1)n2CC1CCCCO1. The van der Waals surface area contributed by atoms with Crippen LogP contribution in [0.2, 0.25) is 0 Å². The van der Waals surface area contributed by atoms with Gasteiger partial charge in [0.25, 0.3) is 0 Å². The number of nitrogens with one attached hydrogen (secondary N) is 1. The van der Waals surface area contributed by atoms with E-state index in [1.54, 1.807) is 0 Å². The van der Waals surface area contributed by atoms with Crippen LogP contribution in [0.4, 0.5) is 0 Å².